The molecular formula is C14H21ClN4O3S. The van der Waals surface area contributed by atoms with E-state index >= 15 is 0 Å². The van der Waals surface area contributed by atoms with Crippen molar-refractivity contribution in [3.63, 3.8) is 0 Å². The van der Waals surface area contributed by atoms with Gasteiger partial charge >= 0.3 is 5.69 Å². The first-order valence-electron chi connectivity index (χ1n) is 7.28. The zero-order chi connectivity index (χ0) is 15.9. The number of nitrogens with one attached hydrogen (secondary N) is 2. The van der Waals surface area contributed by atoms with E-state index in [1.807, 2.05) is 0 Å². The summed E-state index contributed by atoms with van der Waals surface area (Å²) in [5.74, 6) is 0. The van der Waals surface area contributed by atoms with Crippen molar-refractivity contribution in [1.29, 1.82) is 0 Å². The maximum Gasteiger partial charge on any atom is 0.328 e. The lowest BCUT2D eigenvalue weighted by Crippen LogP contribution is -2.37. The predicted molar refractivity (Wildman–Crippen MR) is 91.6 cm³/mol. The molecule has 0 spiro atoms. The monoisotopic (exact) mass is 360 g/mol. The van der Waals surface area contributed by atoms with Crippen molar-refractivity contribution in [3.8, 4) is 0 Å². The third-order valence-corrected chi connectivity index (χ3v) is 5.66. The molecule has 1 aromatic heterocycles. The van der Waals surface area contributed by atoms with Gasteiger partial charge < -0.3 is 5.32 Å². The number of rotatable bonds is 4. The molecule has 1 atom stereocenters. The minimum atomic E-state index is -3.57. The third kappa shape index (κ3) is 3.30. The molecule has 9 heteroatoms. The van der Waals surface area contributed by atoms with Crippen LogP contribution in [-0.2, 0) is 24.1 Å². The topological polar surface area (TPSA) is 85.1 Å². The Hall–Kier alpha value is -1.35. The van der Waals surface area contributed by atoms with Crippen LogP contribution in [0.25, 0.3) is 11.0 Å². The average molecular weight is 361 g/mol. The van der Waals surface area contributed by atoms with Gasteiger partial charge in [-0.05, 0) is 37.6 Å². The van der Waals surface area contributed by atoms with Gasteiger partial charge in [-0.25, -0.2) is 17.9 Å². The van der Waals surface area contributed by atoms with Gasteiger partial charge in [0.15, 0.2) is 0 Å². The van der Waals surface area contributed by atoms with Gasteiger partial charge in [-0.1, -0.05) is 0 Å². The number of nitrogens with zero attached hydrogens (tertiary/aromatic N) is 2. The van der Waals surface area contributed by atoms with Gasteiger partial charge in [-0.2, -0.15) is 0 Å². The second-order valence-electron chi connectivity index (χ2n) is 5.70. The fraction of sp³-hybridized carbons (Fsp3) is 0.500. The number of halogens is 1. The SMILES string of the molecule is Cl.Cn1c(=O)n(C)c2cc(S(=O)(=O)NCC3CCCN3)ccc21. The van der Waals surface area contributed by atoms with E-state index in [1.54, 1.807) is 26.2 Å². The standard InChI is InChI=1S/C14H20N4O3S.ClH/c1-17-12-6-5-11(8-13(12)18(2)14(17)19)22(20,21)16-9-10-4-3-7-15-10;/h5-6,8,10,15-16H,3-4,7,9H2,1-2H3;1H. The molecule has 23 heavy (non-hydrogen) atoms. The van der Waals surface area contributed by atoms with Gasteiger partial charge in [-0.15, -0.1) is 12.4 Å². The van der Waals surface area contributed by atoms with Gasteiger partial charge in [0.25, 0.3) is 0 Å². The van der Waals surface area contributed by atoms with Gasteiger partial charge in [0.1, 0.15) is 0 Å². The Labute approximate surface area is 141 Å². The number of imidazole rings is 1. The molecule has 128 valence electrons. The number of benzene rings is 1. The lowest BCUT2D eigenvalue weighted by atomic mass is 10.2. The fourth-order valence-corrected chi connectivity index (χ4v) is 3.98. The molecule has 1 fully saturated rings. The maximum atomic E-state index is 12.4. The van der Waals surface area contributed by atoms with Crippen LogP contribution in [-0.4, -0.2) is 36.7 Å². The number of hydrogen-bond acceptors (Lipinski definition) is 4. The molecule has 2 aromatic rings. The Morgan fingerprint density at radius 3 is 2.61 bits per heavy atom. The normalized spacial score (nSPS) is 18.3. The van der Waals surface area contributed by atoms with Crippen molar-refractivity contribution >= 4 is 33.5 Å². The highest BCUT2D eigenvalue weighted by atomic mass is 35.5. The van der Waals surface area contributed by atoms with Crippen LogP contribution in [0.15, 0.2) is 27.9 Å². The molecule has 1 aromatic carbocycles. The summed E-state index contributed by atoms with van der Waals surface area (Å²) in [5, 5.41) is 3.25. The quantitative estimate of drug-likeness (QED) is 0.822. The second-order valence-corrected chi connectivity index (χ2v) is 7.46. The zero-order valence-corrected chi connectivity index (χ0v) is 14.7. The van der Waals surface area contributed by atoms with E-state index in [-0.39, 0.29) is 29.0 Å². The highest BCUT2D eigenvalue weighted by Crippen LogP contribution is 2.18. The lowest BCUT2D eigenvalue weighted by Gasteiger charge is -2.12. The number of hydrogen-bond donors (Lipinski definition) is 2. The Bertz CT molecular complexity index is 866. The number of aryl methyl sites for hydroxylation is 2. The van der Waals surface area contributed by atoms with E-state index in [4.69, 9.17) is 0 Å². The van der Waals surface area contributed by atoms with Crippen LogP contribution in [0, 0.1) is 0 Å². The first-order chi connectivity index (χ1) is 10.4. The molecule has 0 saturated carbocycles. The summed E-state index contributed by atoms with van der Waals surface area (Å²) in [4.78, 5) is 12.1. The first-order valence-corrected chi connectivity index (χ1v) is 8.77. The Kier molecular flexibility index (Phi) is 5.20. The zero-order valence-electron chi connectivity index (χ0n) is 13.1. The highest BCUT2D eigenvalue weighted by Gasteiger charge is 2.20. The van der Waals surface area contributed by atoms with Gasteiger partial charge in [0.2, 0.25) is 10.0 Å². The molecule has 1 saturated heterocycles. The van der Waals surface area contributed by atoms with E-state index in [9.17, 15) is 13.2 Å². The van der Waals surface area contributed by atoms with Crippen LogP contribution in [0.3, 0.4) is 0 Å². The molecule has 0 aliphatic carbocycles. The minimum absolute atomic E-state index is 0. The van der Waals surface area contributed by atoms with Gasteiger partial charge in [0, 0.05) is 26.7 Å². The summed E-state index contributed by atoms with van der Waals surface area (Å²) < 4.78 is 30.4. The number of fused-ring (bicyclic) bond motifs is 1. The predicted octanol–water partition coefficient (Wildman–Crippen LogP) is 0.329. The largest absolute Gasteiger partial charge is 0.328 e. The van der Waals surface area contributed by atoms with Gasteiger partial charge in [0.05, 0.1) is 15.9 Å². The number of aromatic nitrogens is 2. The third-order valence-electron chi connectivity index (χ3n) is 4.24. The van der Waals surface area contributed by atoms with E-state index < -0.39 is 10.0 Å². The Balaban J connectivity index is 0.00000192. The summed E-state index contributed by atoms with van der Waals surface area (Å²) in [6, 6.07) is 4.94. The van der Waals surface area contributed by atoms with E-state index in [1.165, 1.54) is 15.2 Å². The molecule has 0 amide bonds. The van der Waals surface area contributed by atoms with Crippen LogP contribution in [0.2, 0.25) is 0 Å². The summed E-state index contributed by atoms with van der Waals surface area (Å²) >= 11 is 0. The molecule has 3 rings (SSSR count). The van der Waals surface area contributed by atoms with Crippen molar-refractivity contribution in [2.75, 3.05) is 13.1 Å². The summed E-state index contributed by atoms with van der Waals surface area (Å²) in [7, 11) is -0.269. The van der Waals surface area contributed by atoms with Crippen LogP contribution < -0.4 is 15.7 Å². The Morgan fingerprint density at radius 2 is 1.96 bits per heavy atom. The minimum Gasteiger partial charge on any atom is -0.313 e. The molecule has 1 aliphatic rings. The maximum absolute atomic E-state index is 12.4. The average Bonchev–Trinajstić information content (AvgIpc) is 3.09. The molecule has 1 aliphatic heterocycles. The Morgan fingerprint density at radius 1 is 1.26 bits per heavy atom. The van der Waals surface area contributed by atoms with Crippen LogP contribution in [0.1, 0.15) is 12.8 Å². The van der Waals surface area contributed by atoms with Gasteiger partial charge in [-0.3, -0.25) is 9.13 Å². The molecule has 0 bridgehead atoms. The summed E-state index contributed by atoms with van der Waals surface area (Å²) in [6.07, 6.45) is 2.05. The smallest absolute Gasteiger partial charge is 0.313 e. The van der Waals surface area contributed by atoms with Crippen molar-refractivity contribution in [2.45, 2.75) is 23.8 Å². The molecule has 2 heterocycles. The molecule has 2 N–H and O–H groups in total. The van der Waals surface area contributed by atoms with Crippen molar-refractivity contribution < 1.29 is 8.42 Å². The summed E-state index contributed by atoms with van der Waals surface area (Å²) in [5.41, 5.74) is 1.14. The van der Waals surface area contributed by atoms with Crippen LogP contribution in [0.4, 0.5) is 0 Å². The van der Waals surface area contributed by atoms with Crippen molar-refractivity contribution in [2.24, 2.45) is 14.1 Å². The van der Waals surface area contributed by atoms with Crippen molar-refractivity contribution in [3.05, 3.63) is 28.7 Å². The molecule has 0 radical (unpaired) electrons. The van der Waals surface area contributed by atoms with Crippen LogP contribution >= 0.6 is 12.4 Å². The van der Waals surface area contributed by atoms with Crippen molar-refractivity contribution in [1.82, 2.24) is 19.2 Å². The highest BCUT2D eigenvalue weighted by molar-refractivity contribution is 7.89. The van der Waals surface area contributed by atoms with Crippen LogP contribution in [0.5, 0.6) is 0 Å². The molecule has 1 unspecified atom stereocenters. The second kappa shape index (κ2) is 6.64. The fourth-order valence-electron chi connectivity index (χ4n) is 2.88. The number of sulfonamides is 1. The lowest BCUT2D eigenvalue weighted by molar-refractivity contribution is 0.552. The van der Waals surface area contributed by atoms with E-state index in [0.29, 0.717) is 17.6 Å². The molecular weight excluding hydrogens is 340 g/mol. The van der Waals surface area contributed by atoms with E-state index in [2.05, 4.69) is 10.0 Å². The molecule has 7 nitrogen and oxygen atoms in total. The van der Waals surface area contributed by atoms with E-state index in [0.717, 1.165) is 19.4 Å². The first kappa shape index (κ1) is 18.0. The summed E-state index contributed by atoms with van der Waals surface area (Å²) in [6.45, 7) is 1.32.